The van der Waals surface area contributed by atoms with Crippen molar-refractivity contribution < 1.29 is 9.84 Å². The quantitative estimate of drug-likeness (QED) is 0.406. The summed E-state index contributed by atoms with van der Waals surface area (Å²) >= 11 is 6.66. The zero-order chi connectivity index (χ0) is 22.9. The number of aromatic amines is 1. The zero-order valence-corrected chi connectivity index (χ0v) is 19.3. The minimum Gasteiger partial charge on any atom is -0.495 e. The number of rotatable bonds is 7. The largest absolute Gasteiger partial charge is 0.495 e. The number of H-pyrrole nitrogens is 1. The first-order valence-electron chi connectivity index (χ1n) is 10.4. The lowest BCUT2D eigenvalue weighted by atomic mass is 9.99. The molecule has 0 radical (unpaired) electrons. The summed E-state index contributed by atoms with van der Waals surface area (Å²) in [5.41, 5.74) is 4.56. The Morgan fingerprint density at radius 2 is 1.88 bits per heavy atom. The molecule has 3 heterocycles. The van der Waals surface area contributed by atoms with E-state index in [9.17, 15) is 5.11 Å². The van der Waals surface area contributed by atoms with Crippen LogP contribution in [0, 0.1) is 6.92 Å². The summed E-state index contributed by atoms with van der Waals surface area (Å²) in [5.74, 6) is 1.18. The Kier molecular flexibility index (Phi) is 6.04. The van der Waals surface area contributed by atoms with Crippen molar-refractivity contribution in [3.05, 3.63) is 59.8 Å². The van der Waals surface area contributed by atoms with Crippen LogP contribution in [0.2, 0.25) is 5.02 Å². The fourth-order valence-corrected chi connectivity index (χ4v) is 3.99. The van der Waals surface area contributed by atoms with Crippen LogP contribution in [0.25, 0.3) is 33.8 Å². The average Bonchev–Trinajstić information content (AvgIpc) is 3.36. The van der Waals surface area contributed by atoms with E-state index in [0.717, 1.165) is 33.6 Å². The second-order valence-electron chi connectivity index (χ2n) is 8.28. The molecule has 1 aromatic carbocycles. The molecular weight excluding hydrogens is 426 g/mol. The number of benzene rings is 1. The highest BCUT2D eigenvalue weighted by molar-refractivity contribution is 6.35. The van der Waals surface area contributed by atoms with Crippen molar-refractivity contribution in [2.75, 3.05) is 7.11 Å². The van der Waals surface area contributed by atoms with Gasteiger partial charge in [0.25, 0.3) is 0 Å². The van der Waals surface area contributed by atoms with Gasteiger partial charge >= 0.3 is 0 Å². The van der Waals surface area contributed by atoms with Crippen LogP contribution in [0.15, 0.2) is 49.1 Å². The molecule has 0 unspecified atom stereocenters. The van der Waals surface area contributed by atoms with Crippen molar-refractivity contribution in [2.45, 2.75) is 39.3 Å². The van der Waals surface area contributed by atoms with Crippen LogP contribution in [0.1, 0.15) is 26.0 Å². The summed E-state index contributed by atoms with van der Waals surface area (Å²) in [7, 11) is 1.60. The molecule has 4 rings (SSSR count). The van der Waals surface area contributed by atoms with E-state index in [-0.39, 0.29) is 0 Å². The highest BCUT2D eigenvalue weighted by atomic mass is 35.5. The number of nitrogens with zero attached hydrogens (tertiary/aromatic N) is 4. The Morgan fingerprint density at radius 1 is 1.12 bits per heavy atom. The molecule has 0 saturated carbocycles. The second kappa shape index (κ2) is 8.76. The predicted molar refractivity (Wildman–Crippen MR) is 126 cm³/mol. The molecule has 32 heavy (non-hydrogen) atoms. The predicted octanol–water partition coefficient (Wildman–Crippen LogP) is 5.13. The number of aliphatic hydroxyl groups is 1. The van der Waals surface area contributed by atoms with Crippen molar-refractivity contribution >= 4 is 11.6 Å². The van der Waals surface area contributed by atoms with E-state index >= 15 is 0 Å². The van der Waals surface area contributed by atoms with Crippen molar-refractivity contribution in [2.24, 2.45) is 0 Å². The molecule has 0 aliphatic carbocycles. The maximum atomic E-state index is 10.1. The SMILES string of the molecule is COc1cccc(-c2c[nH]c(-c3cnn(CCC(C)(C)O)c3C)c2-c2ncccn2)c1Cl. The van der Waals surface area contributed by atoms with Gasteiger partial charge in [0.2, 0.25) is 0 Å². The monoisotopic (exact) mass is 451 g/mol. The number of halogens is 1. The Bertz CT molecular complexity index is 1230. The summed E-state index contributed by atoms with van der Waals surface area (Å²) in [6, 6.07) is 7.47. The maximum Gasteiger partial charge on any atom is 0.161 e. The number of nitrogens with one attached hydrogen (secondary N) is 1. The zero-order valence-electron chi connectivity index (χ0n) is 18.6. The van der Waals surface area contributed by atoms with Crippen LogP contribution < -0.4 is 4.74 Å². The van der Waals surface area contributed by atoms with E-state index in [1.165, 1.54) is 0 Å². The van der Waals surface area contributed by atoms with E-state index < -0.39 is 5.60 Å². The molecule has 2 N–H and O–H groups in total. The molecule has 0 aliphatic rings. The van der Waals surface area contributed by atoms with Crippen LogP contribution in [-0.2, 0) is 6.54 Å². The third kappa shape index (κ3) is 4.26. The number of hydrogen-bond acceptors (Lipinski definition) is 5. The molecule has 0 aliphatic heterocycles. The first-order chi connectivity index (χ1) is 15.3. The number of ether oxygens (including phenoxy) is 1. The third-order valence-corrected chi connectivity index (χ3v) is 5.84. The van der Waals surface area contributed by atoms with E-state index in [1.54, 1.807) is 39.4 Å². The van der Waals surface area contributed by atoms with Crippen LogP contribution in [0.3, 0.4) is 0 Å². The van der Waals surface area contributed by atoms with Crippen LogP contribution in [0.5, 0.6) is 5.75 Å². The van der Waals surface area contributed by atoms with Gasteiger partial charge in [-0.3, -0.25) is 4.68 Å². The van der Waals surface area contributed by atoms with Crippen LogP contribution in [0.4, 0.5) is 0 Å². The first-order valence-corrected chi connectivity index (χ1v) is 10.7. The fraction of sp³-hybridized carbons (Fsp3) is 0.292. The normalized spacial score (nSPS) is 11.7. The number of methoxy groups -OCH3 is 1. The molecule has 0 spiro atoms. The second-order valence-corrected chi connectivity index (χ2v) is 8.65. The van der Waals surface area contributed by atoms with Gasteiger partial charge in [0.15, 0.2) is 5.82 Å². The summed E-state index contributed by atoms with van der Waals surface area (Å²) in [6.07, 6.45) is 7.77. The summed E-state index contributed by atoms with van der Waals surface area (Å²) in [4.78, 5) is 12.4. The summed E-state index contributed by atoms with van der Waals surface area (Å²) < 4.78 is 7.32. The molecule has 166 valence electrons. The Hall–Kier alpha value is -3.16. The van der Waals surface area contributed by atoms with Gasteiger partial charge in [-0.05, 0) is 39.3 Å². The third-order valence-electron chi connectivity index (χ3n) is 5.45. The fourth-order valence-electron chi connectivity index (χ4n) is 3.68. The maximum absolute atomic E-state index is 10.1. The molecule has 4 aromatic rings. The van der Waals surface area contributed by atoms with Gasteiger partial charge in [0, 0.05) is 47.5 Å². The molecule has 8 heteroatoms. The Balaban J connectivity index is 1.86. The summed E-state index contributed by atoms with van der Waals surface area (Å²) in [6.45, 7) is 6.22. The van der Waals surface area contributed by atoms with Gasteiger partial charge in [0.1, 0.15) is 5.75 Å². The standard InChI is InChI=1S/C24H26ClN5O2/c1-15-17(14-29-30(15)12-9-24(2,3)31)22-20(23-26-10-6-11-27-23)18(13-28-22)16-7-5-8-19(32-4)21(16)25/h5-8,10-11,13-14,28,31H,9,12H2,1-4H3. The molecular formula is C24H26ClN5O2. The number of hydrogen-bond donors (Lipinski definition) is 2. The van der Waals surface area contributed by atoms with Crippen molar-refractivity contribution in [3.8, 4) is 39.5 Å². The van der Waals surface area contributed by atoms with Crippen molar-refractivity contribution in [1.82, 2.24) is 24.7 Å². The average molecular weight is 452 g/mol. The van der Waals surface area contributed by atoms with Gasteiger partial charge in [-0.1, -0.05) is 23.7 Å². The number of aryl methyl sites for hydroxylation is 1. The van der Waals surface area contributed by atoms with Crippen molar-refractivity contribution in [3.63, 3.8) is 0 Å². The highest BCUT2D eigenvalue weighted by Gasteiger charge is 2.23. The smallest absolute Gasteiger partial charge is 0.161 e. The minimum absolute atomic E-state index is 0.523. The topological polar surface area (TPSA) is 88.8 Å². The minimum atomic E-state index is -0.760. The lowest BCUT2D eigenvalue weighted by Gasteiger charge is -2.17. The van der Waals surface area contributed by atoms with Gasteiger partial charge in [-0.2, -0.15) is 5.10 Å². The number of aromatic nitrogens is 5. The molecule has 0 saturated heterocycles. The Labute approximate surface area is 192 Å². The summed E-state index contributed by atoms with van der Waals surface area (Å²) in [5, 5.41) is 15.2. The highest BCUT2D eigenvalue weighted by Crippen LogP contribution is 2.43. The van der Waals surface area contributed by atoms with Gasteiger partial charge in [-0.25, -0.2) is 9.97 Å². The molecule has 3 aromatic heterocycles. The van der Waals surface area contributed by atoms with Crippen LogP contribution in [-0.4, -0.2) is 42.5 Å². The molecule has 0 bridgehead atoms. The lowest BCUT2D eigenvalue weighted by Crippen LogP contribution is -2.21. The molecule has 0 atom stereocenters. The van der Waals surface area contributed by atoms with E-state index in [4.69, 9.17) is 16.3 Å². The van der Waals surface area contributed by atoms with Crippen molar-refractivity contribution in [1.29, 1.82) is 0 Å². The lowest BCUT2D eigenvalue weighted by molar-refractivity contribution is 0.0649. The molecule has 0 amide bonds. The van der Waals surface area contributed by atoms with Gasteiger partial charge in [0.05, 0.1) is 35.2 Å². The molecule has 0 fully saturated rings. The van der Waals surface area contributed by atoms with E-state index in [0.29, 0.717) is 29.6 Å². The first kappa shape index (κ1) is 22.0. The Morgan fingerprint density at radius 3 is 2.56 bits per heavy atom. The van der Waals surface area contributed by atoms with Gasteiger partial charge < -0.3 is 14.8 Å². The van der Waals surface area contributed by atoms with E-state index in [1.807, 2.05) is 42.2 Å². The van der Waals surface area contributed by atoms with E-state index in [2.05, 4.69) is 20.1 Å². The van der Waals surface area contributed by atoms with Crippen LogP contribution >= 0.6 is 11.6 Å². The molecule has 7 nitrogen and oxygen atoms in total. The van der Waals surface area contributed by atoms with Gasteiger partial charge in [-0.15, -0.1) is 0 Å².